The molecule has 2 N–H and O–H groups in total. The Kier molecular flexibility index (Phi) is 6.61. The second-order valence-corrected chi connectivity index (χ2v) is 7.08. The normalized spacial score (nSPS) is 11.3. The quantitative estimate of drug-likeness (QED) is 0.545. The maximum atomic E-state index is 13.7. The van der Waals surface area contributed by atoms with Gasteiger partial charge in [0.2, 0.25) is 11.2 Å². The predicted molar refractivity (Wildman–Crippen MR) is 110 cm³/mol. The summed E-state index contributed by atoms with van der Waals surface area (Å²) in [6, 6.07) is 8.38. The van der Waals surface area contributed by atoms with E-state index in [1.807, 2.05) is 0 Å². The Balaban J connectivity index is 1.98. The number of hydrogen-bond acceptors (Lipinski definition) is 6. The van der Waals surface area contributed by atoms with Gasteiger partial charge in [0.25, 0.3) is 11.7 Å². The molecule has 174 valence electrons. The largest absolute Gasteiger partial charge is 0.484 e. The lowest BCUT2D eigenvalue weighted by Gasteiger charge is -2.15. The number of alkyl halides is 3. The monoisotopic (exact) mass is 465 g/mol. The molecule has 11 heteroatoms. The third-order valence-electron chi connectivity index (χ3n) is 4.44. The van der Waals surface area contributed by atoms with Crippen LogP contribution in [0.1, 0.15) is 16.9 Å². The fourth-order valence-electron chi connectivity index (χ4n) is 2.83. The van der Waals surface area contributed by atoms with Gasteiger partial charge in [0, 0.05) is 6.07 Å². The van der Waals surface area contributed by atoms with Crippen LogP contribution in [0.3, 0.4) is 0 Å². The minimum Gasteiger partial charge on any atom is -0.484 e. The Morgan fingerprint density at radius 3 is 2.52 bits per heavy atom. The molecule has 0 radical (unpaired) electrons. The first kappa shape index (κ1) is 23.6. The highest BCUT2D eigenvalue weighted by Crippen LogP contribution is 2.39. The van der Waals surface area contributed by atoms with Crippen LogP contribution in [0.2, 0.25) is 0 Å². The maximum Gasteiger partial charge on any atom is 0.453 e. The molecular weight excluding hydrogens is 447 g/mol. The molecule has 8 nitrogen and oxygen atoms in total. The molecule has 0 fully saturated rings. The second-order valence-electron chi connectivity index (χ2n) is 7.08. The van der Waals surface area contributed by atoms with Crippen molar-refractivity contribution >= 4 is 22.8 Å². The third kappa shape index (κ3) is 5.62. The summed E-state index contributed by atoms with van der Waals surface area (Å²) < 4.78 is 56.6. The van der Waals surface area contributed by atoms with Crippen LogP contribution in [0.15, 0.2) is 45.6 Å². The Hall–Kier alpha value is -4.02. The number of carbonyl (C=O) groups is 2. The summed E-state index contributed by atoms with van der Waals surface area (Å²) in [4.78, 5) is 34.9. The van der Waals surface area contributed by atoms with Gasteiger partial charge in [-0.05, 0) is 43.2 Å². The molecule has 0 aliphatic heterocycles. The topological polar surface area (TPSA) is 115 Å². The molecule has 0 saturated heterocycles. The summed E-state index contributed by atoms with van der Waals surface area (Å²) in [5, 5.41) is 10.4. The van der Waals surface area contributed by atoms with Crippen molar-refractivity contribution in [1.82, 2.24) is 5.32 Å². The maximum absolute atomic E-state index is 13.7. The van der Waals surface area contributed by atoms with E-state index in [-0.39, 0.29) is 16.9 Å². The van der Waals surface area contributed by atoms with Gasteiger partial charge < -0.3 is 24.3 Å². The van der Waals surface area contributed by atoms with Crippen molar-refractivity contribution in [2.45, 2.75) is 20.0 Å². The zero-order valence-corrected chi connectivity index (χ0v) is 17.4. The molecule has 0 aliphatic rings. The van der Waals surface area contributed by atoms with E-state index in [0.29, 0.717) is 5.56 Å². The lowest BCUT2D eigenvalue weighted by atomic mass is 10.1. The fourth-order valence-corrected chi connectivity index (χ4v) is 2.83. The lowest BCUT2D eigenvalue weighted by molar-refractivity contribution is -0.154. The molecule has 2 aromatic carbocycles. The Morgan fingerprint density at radius 2 is 1.85 bits per heavy atom. The molecule has 0 spiro atoms. The van der Waals surface area contributed by atoms with Gasteiger partial charge in [-0.15, -0.1) is 0 Å². The van der Waals surface area contributed by atoms with Crippen LogP contribution in [-0.4, -0.2) is 30.1 Å². The van der Waals surface area contributed by atoms with E-state index in [9.17, 15) is 27.6 Å². The molecule has 0 bridgehead atoms. The molecule has 0 aliphatic carbocycles. The molecule has 1 aromatic heterocycles. The van der Waals surface area contributed by atoms with Gasteiger partial charge in [0.05, 0.1) is 5.39 Å². The van der Waals surface area contributed by atoms with Crippen LogP contribution < -0.4 is 20.2 Å². The average Bonchev–Trinajstić information content (AvgIpc) is 2.74. The number of aryl methyl sites for hydroxylation is 2. The van der Waals surface area contributed by atoms with Crippen LogP contribution in [0, 0.1) is 13.8 Å². The van der Waals surface area contributed by atoms with E-state index in [1.165, 1.54) is 18.2 Å². The number of hydrogen-bond donors (Lipinski definition) is 2. The minimum atomic E-state index is -5.03. The number of rotatable bonds is 7. The molecule has 3 rings (SSSR count). The zero-order valence-electron chi connectivity index (χ0n) is 17.4. The van der Waals surface area contributed by atoms with Crippen molar-refractivity contribution in [3.63, 3.8) is 0 Å². The molecule has 0 saturated carbocycles. The molecule has 33 heavy (non-hydrogen) atoms. The number of benzene rings is 2. The van der Waals surface area contributed by atoms with Crippen molar-refractivity contribution in [3.05, 3.63) is 63.5 Å². The number of nitrogens with one attached hydrogen (secondary N) is 1. The van der Waals surface area contributed by atoms with Crippen molar-refractivity contribution in [2.75, 3.05) is 13.2 Å². The highest BCUT2D eigenvalue weighted by molar-refractivity contribution is 5.83. The van der Waals surface area contributed by atoms with Gasteiger partial charge in [-0.2, -0.15) is 13.2 Å². The summed E-state index contributed by atoms with van der Waals surface area (Å²) in [5.41, 5.74) is -0.207. The number of carboxylic acid groups (broad SMARTS) is 1. The van der Waals surface area contributed by atoms with Gasteiger partial charge in [0.15, 0.2) is 6.61 Å². The standard InChI is InChI=1S/C22H18F3NO7/c1-11-3-4-12(2)15(7-11)32-20-19(30)14-6-5-13(31-10-17(27)26-9-18(28)29)8-16(14)33-21(20)22(23,24)25/h3-8H,9-10H2,1-2H3,(H,26,27)(H,28,29). The van der Waals surface area contributed by atoms with Gasteiger partial charge >= 0.3 is 12.1 Å². The fraction of sp³-hybridized carbons (Fsp3) is 0.227. The number of amides is 1. The Bertz CT molecular complexity index is 1280. The first-order valence-electron chi connectivity index (χ1n) is 9.50. The minimum absolute atomic E-state index is 0.0625. The number of ether oxygens (including phenoxy) is 2. The number of carboxylic acids is 1. The Labute approximate surface area is 184 Å². The van der Waals surface area contributed by atoms with Crippen LogP contribution in [0.4, 0.5) is 13.2 Å². The van der Waals surface area contributed by atoms with Crippen molar-refractivity contribution < 1.29 is 41.8 Å². The highest BCUT2D eigenvalue weighted by Gasteiger charge is 2.40. The number of fused-ring (bicyclic) bond motifs is 1. The van der Waals surface area contributed by atoms with E-state index in [2.05, 4.69) is 5.32 Å². The van der Waals surface area contributed by atoms with Gasteiger partial charge in [0.1, 0.15) is 23.6 Å². The van der Waals surface area contributed by atoms with Gasteiger partial charge in [-0.1, -0.05) is 12.1 Å². The molecular formula is C22H18F3NO7. The predicted octanol–water partition coefficient (Wildman–Crippen LogP) is 3.80. The van der Waals surface area contributed by atoms with E-state index >= 15 is 0 Å². The number of carbonyl (C=O) groups excluding carboxylic acids is 1. The van der Waals surface area contributed by atoms with Crippen LogP contribution >= 0.6 is 0 Å². The van der Waals surface area contributed by atoms with Crippen molar-refractivity contribution in [1.29, 1.82) is 0 Å². The number of halogens is 3. The molecule has 0 atom stereocenters. The van der Waals surface area contributed by atoms with Gasteiger partial charge in [-0.3, -0.25) is 14.4 Å². The van der Waals surface area contributed by atoms with Crippen LogP contribution in [0.5, 0.6) is 17.2 Å². The van der Waals surface area contributed by atoms with E-state index < -0.39 is 53.7 Å². The SMILES string of the molecule is Cc1ccc(C)c(Oc2c(C(F)(F)F)oc3cc(OCC(=O)NCC(=O)O)ccc3c2=O)c1. The summed E-state index contributed by atoms with van der Waals surface area (Å²) in [7, 11) is 0. The summed E-state index contributed by atoms with van der Waals surface area (Å²) >= 11 is 0. The average molecular weight is 465 g/mol. The summed E-state index contributed by atoms with van der Waals surface area (Å²) in [6.45, 7) is 2.14. The molecule has 3 aromatic rings. The highest BCUT2D eigenvalue weighted by atomic mass is 19.4. The van der Waals surface area contributed by atoms with Crippen molar-refractivity contribution in [3.8, 4) is 17.2 Å². The molecule has 0 unspecified atom stereocenters. The molecule has 1 amide bonds. The first-order chi connectivity index (χ1) is 15.5. The van der Waals surface area contributed by atoms with E-state index in [4.69, 9.17) is 19.0 Å². The zero-order chi connectivity index (χ0) is 24.3. The lowest BCUT2D eigenvalue weighted by Crippen LogP contribution is -2.33. The third-order valence-corrected chi connectivity index (χ3v) is 4.44. The van der Waals surface area contributed by atoms with E-state index in [1.54, 1.807) is 26.0 Å². The first-order valence-corrected chi connectivity index (χ1v) is 9.50. The van der Waals surface area contributed by atoms with Gasteiger partial charge in [-0.25, -0.2) is 0 Å². The van der Waals surface area contributed by atoms with Crippen LogP contribution in [-0.2, 0) is 15.8 Å². The van der Waals surface area contributed by atoms with Crippen LogP contribution in [0.25, 0.3) is 11.0 Å². The Morgan fingerprint density at radius 1 is 1.12 bits per heavy atom. The van der Waals surface area contributed by atoms with Crippen molar-refractivity contribution in [2.24, 2.45) is 0 Å². The van der Waals surface area contributed by atoms with E-state index in [0.717, 1.165) is 11.6 Å². The molecule has 1 heterocycles. The number of aliphatic carboxylic acids is 1. The summed E-state index contributed by atoms with van der Waals surface area (Å²) in [6.07, 6.45) is -5.03. The summed E-state index contributed by atoms with van der Waals surface area (Å²) in [5.74, 6) is -4.60. The smallest absolute Gasteiger partial charge is 0.453 e. The second kappa shape index (κ2) is 9.23.